The third kappa shape index (κ3) is 2.39. The normalized spacial score (nSPS) is 8.21. The van der Waals surface area contributed by atoms with Gasteiger partial charge in [0.25, 0.3) is 0 Å². The smallest absolute Gasteiger partial charge is 0.150 e. The fourth-order valence-corrected chi connectivity index (χ4v) is 1.41. The van der Waals surface area contributed by atoms with Crippen LogP contribution >= 0.6 is 0 Å². The van der Waals surface area contributed by atoms with Gasteiger partial charge in [-0.05, 0) is 12.1 Å². The van der Waals surface area contributed by atoms with Crippen molar-refractivity contribution >= 4 is 17.4 Å². The van der Waals surface area contributed by atoms with Crippen LogP contribution < -0.4 is 10.4 Å². The Balaban J connectivity index is 4.07. The number of aldehydes is 1. The Morgan fingerprint density at radius 3 is 1.84 bits per heavy atom. The first-order chi connectivity index (χ1) is 9.12. The van der Waals surface area contributed by atoms with Crippen LogP contribution in [-0.4, -0.2) is 11.4 Å². The van der Waals surface area contributed by atoms with Gasteiger partial charge in [0.15, 0.2) is 6.29 Å². The zero-order chi connectivity index (χ0) is 14.4. The molecule has 6 heteroatoms. The Morgan fingerprint density at radius 2 is 1.42 bits per heavy atom. The lowest BCUT2D eigenvalue weighted by molar-refractivity contribution is 0.112. The minimum atomic E-state index is -0.457. The van der Waals surface area contributed by atoms with Gasteiger partial charge >= 0.3 is 0 Å². The van der Waals surface area contributed by atoms with Crippen molar-refractivity contribution in [3.63, 3.8) is 0 Å². The maximum absolute atomic E-state index is 10.9. The second-order valence-electron chi connectivity index (χ2n) is 3.27. The van der Waals surface area contributed by atoms with Gasteiger partial charge in [-0.3, -0.25) is 4.79 Å². The molecule has 0 atom stereocenters. The third-order valence-corrected chi connectivity index (χ3v) is 2.28. The van der Waals surface area contributed by atoms with Crippen LogP contribution in [0.3, 0.4) is 0 Å². The lowest BCUT2D eigenvalue weighted by Crippen LogP contribution is -2.18. The van der Waals surface area contributed by atoms with E-state index in [0.29, 0.717) is 6.29 Å². The van der Waals surface area contributed by atoms with E-state index in [-0.39, 0.29) is 27.1 Å². The number of phenolic OH excluding ortho intramolecular Hbond substituents is 1. The molecule has 19 heavy (non-hydrogen) atoms. The van der Waals surface area contributed by atoms with Gasteiger partial charge in [0.2, 0.25) is 0 Å². The number of benzene rings is 1. The molecule has 1 rings (SSSR count). The molecule has 0 aliphatic carbocycles. The first-order valence-electron chi connectivity index (χ1n) is 4.80. The number of hydrogen-bond donors (Lipinski definition) is 1. The Kier molecular flexibility index (Phi) is 3.99. The summed E-state index contributed by atoms with van der Waals surface area (Å²) >= 11 is 0. The van der Waals surface area contributed by atoms with E-state index in [1.807, 2.05) is 0 Å². The van der Waals surface area contributed by atoms with Gasteiger partial charge < -0.3 is 5.11 Å². The minimum Gasteiger partial charge on any atom is -0.507 e. The van der Waals surface area contributed by atoms with Crippen LogP contribution in [0.15, 0.2) is 12.1 Å². The summed E-state index contributed by atoms with van der Waals surface area (Å²) in [6.45, 7) is 0. The van der Waals surface area contributed by atoms with Crippen LogP contribution in [-0.2, 0) is 0 Å². The molecule has 0 spiro atoms. The molecule has 0 aromatic heterocycles. The van der Waals surface area contributed by atoms with E-state index in [9.17, 15) is 9.90 Å². The van der Waals surface area contributed by atoms with E-state index in [0.717, 1.165) is 12.1 Å². The lowest BCUT2D eigenvalue weighted by Gasteiger charge is -1.98. The molecule has 0 amide bonds. The van der Waals surface area contributed by atoms with Crippen molar-refractivity contribution in [2.45, 2.75) is 0 Å². The number of nitriles is 4. The van der Waals surface area contributed by atoms with Gasteiger partial charge in [-0.25, -0.2) is 0 Å². The van der Waals surface area contributed by atoms with E-state index in [4.69, 9.17) is 21.0 Å². The number of carbonyl (C=O) groups is 1. The SMILES string of the molecule is N#CC(C#N)=c1cc(C=O)c(=C(C#N)C#N)cc1O. The zero-order valence-electron chi connectivity index (χ0n) is 9.38. The number of carbonyl (C=O) groups excluding carboxylic acids is 1. The highest BCUT2D eigenvalue weighted by Crippen LogP contribution is 2.02. The summed E-state index contributed by atoms with van der Waals surface area (Å²) in [6, 6.07) is 8.45. The fraction of sp³-hybridized carbons (Fsp3) is 0. The number of phenols is 1. The first-order valence-corrected chi connectivity index (χ1v) is 4.80. The highest BCUT2D eigenvalue weighted by Gasteiger charge is 2.07. The van der Waals surface area contributed by atoms with Crippen molar-refractivity contribution in [3.8, 4) is 30.0 Å². The number of rotatable bonds is 1. The van der Waals surface area contributed by atoms with Crippen molar-refractivity contribution in [3.05, 3.63) is 28.1 Å². The number of nitrogens with zero attached hydrogens (tertiary/aromatic N) is 4. The van der Waals surface area contributed by atoms with Crippen molar-refractivity contribution in [1.29, 1.82) is 21.0 Å². The molecule has 0 fully saturated rings. The first kappa shape index (κ1) is 13.5. The minimum absolute atomic E-state index is 0.0449. The van der Waals surface area contributed by atoms with E-state index < -0.39 is 5.75 Å². The van der Waals surface area contributed by atoms with E-state index >= 15 is 0 Å². The molecule has 6 nitrogen and oxygen atoms in total. The van der Waals surface area contributed by atoms with Crippen molar-refractivity contribution in [2.24, 2.45) is 0 Å². The summed E-state index contributed by atoms with van der Waals surface area (Å²) in [6.07, 6.45) is 0.374. The molecule has 1 aromatic rings. The van der Waals surface area contributed by atoms with E-state index in [2.05, 4.69) is 0 Å². The van der Waals surface area contributed by atoms with Crippen LogP contribution in [0.1, 0.15) is 10.4 Å². The van der Waals surface area contributed by atoms with Gasteiger partial charge in [0, 0.05) is 16.0 Å². The molecule has 0 bridgehead atoms. The summed E-state index contributed by atoms with van der Waals surface area (Å²) < 4.78 is 0. The van der Waals surface area contributed by atoms with Crippen LogP contribution in [0.4, 0.5) is 0 Å². The summed E-state index contributed by atoms with van der Waals surface area (Å²) in [5.74, 6) is -0.457. The van der Waals surface area contributed by atoms with Gasteiger partial charge in [-0.2, -0.15) is 21.0 Å². The Bertz CT molecular complexity index is 807. The average molecular weight is 248 g/mol. The Morgan fingerprint density at radius 1 is 0.947 bits per heavy atom. The van der Waals surface area contributed by atoms with Crippen LogP contribution in [0, 0.1) is 45.3 Å². The summed E-state index contributed by atoms with van der Waals surface area (Å²) in [5, 5.41) is 44.5. The highest BCUT2D eigenvalue weighted by molar-refractivity contribution is 5.84. The van der Waals surface area contributed by atoms with E-state index in [1.165, 1.54) is 0 Å². The molecular formula is C13H4N4O2. The molecule has 88 valence electrons. The fourth-order valence-electron chi connectivity index (χ4n) is 1.41. The second kappa shape index (κ2) is 5.64. The lowest BCUT2D eigenvalue weighted by atomic mass is 10.0. The van der Waals surface area contributed by atoms with Gasteiger partial charge in [-0.15, -0.1) is 0 Å². The monoisotopic (exact) mass is 248 g/mol. The van der Waals surface area contributed by atoms with Crippen LogP contribution in [0.5, 0.6) is 5.75 Å². The third-order valence-electron chi connectivity index (χ3n) is 2.28. The van der Waals surface area contributed by atoms with Gasteiger partial charge in [0.05, 0.1) is 0 Å². The molecule has 0 aliphatic rings. The zero-order valence-corrected chi connectivity index (χ0v) is 9.38. The molecule has 0 unspecified atom stereocenters. The molecule has 0 heterocycles. The Labute approximate surface area is 107 Å². The van der Waals surface area contributed by atoms with Crippen molar-refractivity contribution < 1.29 is 9.90 Å². The molecule has 0 radical (unpaired) electrons. The maximum Gasteiger partial charge on any atom is 0.150 e. The largest absolute Gasteiger partial charge is 0.507 e. The molecule has 0 saturated heterocycles. The molecule has 1 aromatic carbocycles. The van der Waals surface area contributed by atoms with Crippen molar-refractivity contribution in [1.82, 2.24) is 0 Å². The molecule has 1 N–H and O–H groups in total. The van der Waals surface area contributed by atoms with Crippen LogP contribution in [0.2, 0.25) is 0 Å². The van der Waals surface area contributed by atoms with Gasteiger partial charge in [0.1, 0.15) is 41.2 Å². The topological polar surface area (TPSA) is 132 Å². The molecule has 0 aliphatic heterocycles. The van der Waals surface area contributed by atoms with Crippen molar-refractivity contribution in [2.75, 3.05) is 0 Å². The average Bonchev–Trinajstić information content (AvgIpc) is 2.43. The predicted molar refractivity (Wildman–Crippen MR) is 62.0 cm³/mol. The quantitative estimate of drug-likeness (QED) is 0.672. The van der Waals surface area contributed by atoms with Crippen LogP contribution in [0.25, 0.3) is 11.1 Å². The molecule has 0 saturated carbocycles. The second-order valence-corrected chi connectivity index (χ2v) is 3.27. The summed E-state index contributed by atoms with van der Waals surface area (Å²) in [4.78, 5) is 10.9. The summed E-state index contributed by atoms with van der Waals surface area (Å²) in [7, 11) is 0. The number of aromatic hydroxyl groups is 1. The van der Waals surface area contributed by atoms with E-state index in [1.54, 1.807) is 24.3 Å². The van der Waals surface area contributed by atoms with Gasteiger partial charge in [-0.1, -0.05) is 0 Å². The molecular weight excluding hydrogens is 244 g/mol. The summed E-state index contributed by atoms with van der Waals surface area (Å²) in [5.41, 5.74) is -0.782. The maximum atomic E-state index is 10.9. The Hall–Kier alpha value is -3.61. The number of hydrogen-bond acceptors (Lipinski definition) is 6. The highest BCUT2D eigenvalue weighted by atomic mass is 16.3. The predicted octanol–water partition coefficient (Wildman–Crippen LogP) is -0.400. The standard InChI is InChI=1S/C13H4N4O2/c14-3-9(4-15)11-2-13(19)12(1-8(11)7-18)10(5-16)6-17/h1-2,7,19H.